The third-order valence-corrected chi connectivity index (χ3v) is 5.20. The van der Waals surface area contributed by atoms with Crippen LogP contribution < -0.4 is 5.32 Å². The highest BCUT2D eigenvalue weighted by molar-refractivity contribution is 7.15. The summed E-state index contributed by atoms with van der Waals surface area (Å²) in [4.78, 5) is 22.5. The van der Waals surface area contributed by atoms with Crippen LogP contribution in [0.25, 0.3) is 0 Å². The Balaban J connectivity index is 1.79. The molecule has 23 heavy (non-hydrogen) atoms. The Bertz CT molecular complexity index is 520. The molecule has 0 radical (unpaired) electrons. The summed E-state index contributed by atoms with van der Waals surface area (Å²) in [6, 6.07) is 0.445. The fourth-order valence-corrected chi connectivity index (χ4v) is 3.84. The number of hydrogen-bond donors (Lipinski definition) is 1. The lowest BCUT2D eigenvalue weighted by Crippen LogP contribution is -2.54. The zero-order valence-electron chi connectivity index (χ0n) is 14.6. The van der Waals surface area contributed by atoms with Gasteiger partial charge in [-0.05, 0) is 20.3 Å². The van der Waals surface area contributed by atoms with Crippen LogP contribution in [0, 0.1) is 6.92 Å². The zero-order valence-corrected chi connectivity index (χ0v) is 15.4. The number of carbonyl (C=O) groups excluding carboxylic acids is 1. The van der Waals surface area contributed by atoms with Gasteiger partial charge in [-0.1, -0.05) is 6.92 Å². The van der Waals surface area contributed by atoms with Gasteiger partial charge in [-0.2, -0.15) is 0 Å². The number of thiazole rings is 1. The van der Waals surface area contributed by atoms with E-state index in [1.807, 2.05) is 6.92 Å². The average Bonchev–Trinajstić information content (AvgIpc) is 2.86. The van der Waals surface area contributed by atoms with E-state index in [-0.39, 0.29) is 5.91 Å². The van der Waals surface area contributed by atoms with Crippen molar-refractivity contribution in [2.45, 2.75) is 33.2 Å². The van der Waals surface area contributed by atoms with Crippen molar-refractivity contribution in [1.29, 1.82) is 0 Å². The Morgan fingerprint density at radius 1 is 1.48 bits per heavy atom. The summed E-state index contributed by atoms with van der Waals surface area (Å²) in [5.74, 6) is 0.0268. The van der Waals surface area contributed by atoms with Crippen LogP contribution >= 0.6 is 11.3 Å². The normalized spacial score (nSPS) is 19.9. The van der Waals surface area contributed by atoms with Crippen molar-refractivity contribution in [2.75, 3.05) is 51.8 Å². The number of amides is 1. The maximum Gasteiger partial charge on any atom is 0.240 e. The molecule has 1 unspecified atom stereocenters. The molecule has 0 aromatic carbocycles. The van der Waals surface area contributed by atoms with Gasteiger partial charge in [0.05, 0.1) is 18.8 Å². The topological polar surface area (TPSA) is 57.7 Å². The molecular formula is C16H28N4O2S. The van der Waals surface area contributed by atoms with Crippen molar-refractivity contribution in [3.63, 3.8) is 0 Å². The van der Waals surface area contributed by atoms with E-state index >= 15 is 0 Å². The molecule has 1 aliphatic heterocycles. The second-order valence-electron chi connectivity index (χ2n) is 6.04. The van der Waals surface area contributed by atoms with E-state index < -0.39 is 0 Å². The number of aromatic nitrogens is 1. The lowest BCUT2D eigenvalue weighted by Gasteiger charge is -2.39. The molecular weight excluding hydrogens is 312 g/mol. The first-order valence-electron chi connectivity index (χ1n) is 8.25. The smallest absolute Gasteiger partial charge is 0.240 e. The van der Waals surface area contributed by atoms with Gasteiger partial charge >= 0.3 is 0 Å². The van der Waals surface area contributed by atoms with Gasteiger partial charge < -0.3 is 10.1 Å². The number of aryl methyl sites for hydroxylation is 2. The van der Waals surface area contributed by atoms with Crippen LogP contribution in [0.3, 0.4) is 0 Å². The van der Waals surface area contributed by atoms with Crippen molar-refractivity contribution in [3.8, 4) is 0 Å². The number of carbonyl (C=O) groups is 1. The summed E-state index contributed by atoms with van der Waals surface area (Å²) < 4.78 is 5.15. The van der Waals surface area contributed by atoms with E-state index in [2.05, 4.69) is 33.9 Å². The highest BCUT2D eigenvalue weighted by Gasteiger charge is 2.24. The Morgan fingerprint density at radius 3 is 2.87 bits per heavy atom. The van der Waals surface area contributed by atoms with E-state index in [0.29, 0.717) is 12.6 Å². The molecule has 1 aromatic heterocycles. The number of nitrogens with zero attached hydrogens (tertiary/aromatic N) is 3. The van der Waals surface area contributed by atoms with E-state index in [9.17, 15) is 4.79 Å². The molecule has 1 fully saturated rings. The first kappa shape index (κ1) is 18.3. The molecule has 1 aromatic rings. The molecule has 0 saturated carbocycles. The summed E-state index contributed by atoms with van der Waals surface area (Å²) in [6.07, 6.45) is 0.902. The van der Waals surface area contributed by atoms with Crippen LogP contribution in [-0.4, -0.2) is 73.2 Å². The van der Waals surface area contributed by atoms with Crippen LogP contribution in [0.15, 0.2) is 0 Å². The summed E-state index contributed by atoms with van der Waals surface area (Å²) in [5, 5.41) is 3.66. The quantitative estimate of drug-likeness (QED) is 0.817. The van der Waals surface area contributed by atoms with Crippen LogP contribution in [0.4, 0.5) is 5.13 Å². The van der Waals surface area contributed by atoms with Crippen molar-refractivity contribution < 1.29 is 9.53 Å². The average molecular weight is 340 g/mol. The fraction of sp³-hybridized carbons (Fsp3) is 0.750. The van der Waals surface area contributed by atoms with Crippen LogP contribution in [-0.2, 0) is 16.0 Å². The molecule has 1 atom stereocenters. The van der Waals surface area contributed by atoms with Crippen LogP contribution in [0.2, 0.25) is 0 Å². The van der Waals surface area contributed by atoms with Crippen LogP contribution in [0.1, 0.15) is 24.4 Å². The minimum atomic E-state index is 0.0268. The van der Waals surface area contributed by atoms with Gasteiger partial charge in [0.25, 0.3) is 0 Å². The minimum absolute atomic E-state index is 0.0268. The van der Waals surface area contributed by atoms with Crippen molar-refractivity contribution >= 4 is 22.4 Å². The Kier molecular flexibility index (Phi) is 6.95. The molecule has 130 valence electrons. The predicted octanol–water partition coefficient (Wildman–Crippen LogP) is 1.60. The van der Waals surface area contributed by atoms with Gasteiger partial charge in [-0.25, -0.2) is 4.98 Å². The Morgan fingerprint density at radius 2 is 2.26 bits per heavy atom. The largest absolute Gasteiger partial charge is 0.383 e. The van der Waals surface area contributed by atoms with E-state index in [1.165, 1.54) is 4.88 Å². The van der Waals surface area contributed by atoms with Gasteiger partial charge in [0, 0.05) is 44.2 Å². The van der Waals surface area contributed by atoms with Gasteiger partial charge in [-0.3, -0.25) is 14.6 Å². The monoisotopic (exact) mass is 340 g/mol. The van der Waals surface area contributed by atoms with Crippen LogP contribution in [0.5, 0.6) is 0 Å². The third-order valence-electron chi connectivity index (χ3n) is 4.27. The Labute approximate surface area is 142 Å². The molecule has 2 rings (SSSR count). The molecule has 6 nitrogen and oxygen atoms in total. The predicted molar refractivity (Wildman–Crippen MR) is 94.2 cm³/mol. The highest BCUT2D eigenvalue weighted by Crippen LogP contribution is 2.22. The lowest BCUT2D eigenvalue weighted by molar-refractivity contribution is -0.118. The number of hydrogen-bond acceptors (Lipinski definition) is 6. The van der Waals surface area contributed by atoms with Gasteiger partial charge in [-0.15, -0.1) is 11.3 Å². The first-order chi connectivity index (χ1) is 11.0. The van der Waals surface area contributed by atoms with E-state index in [0.717, 1.165) is 50.0 Å². The molecule has 0 bridgehead atoms. The molecule has 7 heteroatoms. The fourth-order valence-electron chi connectivity index (χ4n) is 2.93. The molecule has 1 amide bonds. The lowest BCUT2D eigenvalue weighted by atomic mass is 10.2. The Hall–Kier alpha value is -1.02. The first-order valence-corrected chi connectivity index (χ1v) is 9.06. The van der Waals surface area contributed by atoms with Crippen molar-refractivity contribution in [3.05, 3.63) is 10.6 Å². The number of piperazine rings is 1. The van der Waals surface area contributed by atoms with Gasteiger partial charge in [0.15, 0.2) is 5.13 Å². The zero-order chi connectivity index (χ0) is 16.8. The molecule has 2 heterocycles. The molecule has 0 spiro atoms. The molecule has 1 aliphatic rings. The standard InChI is InChI=1S/C16H28N4O2S/c1-5-14-13(3)23-16(17-14)18-15(21)11-19-6-7-20(8-9-22-4)12(2)10-19/h12H,5-11H2,1-4H3,(H,17,18,21). The molecule has 1 saturated heterocycles. The second-order valence-corrected chi connectivity index (χ2v) is 7.24. The summed E-state index contributed by atoms with van der Waals surface area (Å²) in [6.45, 7) is 11.3. The van der Waals surface area contributed by atoms with E-state index in [4.69, 9.17) is 4.74 Å². The number of methoxy groups -OCH3 is 1. The van der Waals surface area contributed by atoms with Crippen molar-refractivity contribution in [2.24, 2.45) is 0 Å². The van der Waals surface area contributed by atoms with Crippen molar-refractivity contribution in [1.82, 2.24) is 14.8 Å². The molecule has 0 aliphatic carbocycles. The second kappa shape index (κ2) is 8.73. The number of nitrogens with one attached hydrogen (secondary N) is 1. The number of ether oxygens (including phenoxy) is 1. The van der Waals surface area contributed by atoms with E-state index in [1.54, 1.807) is 18.4 Å². The number of anilines is 1. The summed E-state index contributed by atoms with van der Waals surface area (Å²) in [5.41, 5.74) is 1.07. The SMILES string of the molecule is CCc1nc(NC(=O)CN2CCN(CCOC)C(C)C2)sc1C. The minimum Gasteiger partial charge on any atom is -0.383 e. The highest BCUT2D eigenvalue weighted by atomic mass is 32.1. The third kappa shape index (κ3) is 5.24. The maximum atomic E-state index is 12.2. The van der Waals surface area contributed by atoms with Gasteiger partial charge in [0.1, 0.15) is 0 Å². The number of rotatable bonds is 7. The summed E-state index contributed by atoms with van der Waals surface area (Å²) in [7, 11) is 1.73. The maximum absolute atomic E-state index is 12.2. The summed E-state index contributed by atoms with van der Waals surface area (Å²) >= 11 is 1.56. The van der Waals surface area contributed by atoms with Gasteiger partial charge in [0.2, 0.25) is 5.91 Å². The molecule has 1 N–H and O–H groups in total.